The van der Waals surface area contributed by atoms with Gasteiger partial charge < -0.3 is 107 Å². The molecule has 33 nitrogen and oxygen atoms in total. The number of primary amides is 3. The highest BCUT2D eigenvalue weighted by atomic mass is 16.5. The van der Waals surface area contributed by atoms with E-state index in [0.717, 1.165) is 216 Å². The average Bonchev–Trinajstić information content (AvgIpc) is 0.793. The lowest BCUT2D eigenvalue weighted by molar-refractivity contribution is 0.0902. The molecule has 9 saturated heterocycles. The number of amides is 3. The molecule has 3 amide bonds. The number of piperazine rings is 3. The lowest BCUT2D eigenvalue weighted by atomic mass is 10.0. The summed E-state index contributed by atoms with van der Waals surface area (Å²) in [6.07, 6.45) is 13.5. The Morgan fingerprint density at radius 2 is 0.633 bits per heavy atom. The fraction of sp³-hybridized carbons (Fsp3) is 0.621. The van der Waals surface area contributed by atoms with E-state index in [2.05, 4.69) is 94.3 Å². The molecule has 15 rings (SSSR count). The van der Waals surface area contributed by atoms with Crippen molar-refractivity contribution in [2.24, 2.45) is 17.2 Å². The van der Waals surface area contributed by atoms with Crippen molar-refractivity contribution in [3.8, 4) is 17.2 Å². The second kappa shape index (κ2) is 42.9. The van der Waals surface area contributed by atoms with Crippen molar-refractivity contribution in [3.05, 3.63) is 88.8 Å². The summed E-state index contributed by atoms with van der Waals surface area (Å²) in [4.78, 5) is 85.3. The third-order valence-corrected chi connectivity index (χ3v) is 24.8. The van der Waals surface area contributed by atoms with E-state index >= 15 is 0 Å². The van der Waals surface area contributed by atoms with Gasteiger partial charge in [0.05, 0.1) is 55.5 Å². The second-order valence-corrected chi connectivity index (χ2v) is 32.5. The molecule has 6 aromatic rings. The van der Waals surface area contributed by atoms with Gasteiger partial charge in [-0.2, -0.15) is 0 Å². The van der Waals surface area contributed by atoms with Gasteiger partial charge in [-0.25, -0.2) is 29.9 Å². The number of carbonyl (C=O) groups excluding carboxylic acids is 3. The molecule has 120 heavy (non-hydrogen) atoms. The number of methoxy groups -OCH3 is 3. The van der Waals surface area contributed by atoms with Crippen molar-refractivity contribution in [3.63, 3.8) is 0 Å². The molecule has 0 saturated carbocycles. The van der Waals surface area contributed by atoms with Crippen molar-refractivity contribution in [2.75, 3.05) is 246 Å². The Hall–Kier alpha value is -9.45. The number of piperidine rings is 3. The van der Waals surface area contributed by atoms with Crippen LogP contribution in [-0.2, 0) is 33.5 Å². The molecule has 9 aliphatic rings. The van der Waals surface area contributed by atoms with Crippen molar-refractivity contribution in [1.29, 1.82) is 0 Å². The molecule has 0 aliphatic carbocycles. The number of nitrogens with one attached hydrogen (secondary N) is 6. The Morgan fingerprint density at radius 3 is 0.867 bits per heavy atom. The van der Waals surface area contributed by atoms with E-state index in [-0.39, 0.29) is 35.2 Å². The lowest BCUT2D eigenvalue weighted by Gasteiger charge is -2.42. The summed E-state index contributed by atoms with van der Waals surface area (Å²) in [5, 5.41) is 20.3. The largest absolute Gasteiger partial charge is 0.495 e. The summed E-state index contributed by atoms with van der Waals surface area (Å²) in [5.74, 6) is 3.21. The van der Waals surface area contributed by atoms with Crippen LogP contribution >= 0.6 is 0 Å². The van der Waals surface area contributed by atoms with Crippen LogP contribution in [0.5, 0.6) is 17.2 Å². The van der Waals surface area contributed by atoms with Crippen LogP contribution in [0.4, 0.5) is 69.0 Å². The highest BCUT2D eigenvalue weighted by Gasteiger charge is 2.34. The number of hydrogen-bond donors (Lipinski definition) is 9. The summed E-state index contributed by atoms with van der Waals surface area (Å²) in [7, 11) is 7.20. The molecule has 12 heterocycles. The third-order valence-electron chi connectivity index (χ3n) is 24.8. The molecule has 0 bridgehead atoms. The van der Waals surface area contributed by atoms with Crippen LogP contribution in [0.15, 0.2) is 54.6 Å². The molecule has 3 aromatic carbocycles. The van der Waals surface area contributed by atoms with Crippen molar-refractivity contribution >= 4 is 86.8 Å². The van der Waals surface area contributed by atoms with E-state index in [1.54, 1.807) is 31.1 Å². The number of aryl methyl sites for hydroxylation is 3. The van der Waals surface area contributed by atoms with Gasteiger partial charge in [-0.15, -0.1) is 0 Å². The minimum atomic E-state index is -2.01. The second-order valence-electron chi connectivity index (χ2n) is 32.5. The SMILES string of the molecule is CCc1nc(C(N)=O)c(Nc2ccc(N3CCC(N4CCN(C)CC4)CC3)c(OC)c2)nc1NC1CCOCC1.[2H]C([2H])([2H])N1CCN(C2CCN(c3ccc(Nc4nc(NC5CCOCC5)c(CC)nc4C(N)=O)cc3OC)CC2)CC1.[2H]C([2H])([2H])N1CCN(C2CCN(c3ccc(Nc4nc(NC5CCOCC5)c(CC)nc4C(N)=O)cc3OC)CC2)CC1. The highest BCUT2D eigenvalue weighted by Crippen LogP contribution is 2.40. The third kappa shape index (κ3) is 23.0. The predicted molar refractivity (Wildman–Crippen MR) is 474 cm³/mol. The number of carbonyl (C=O) groups is 3. The smallest absolute Gasteiger partial charge is 0.271 e. The summed E-state index contributed by atoms with van der Waals surface area (Å²) in [6, 6.07) is 20.0. The van der Waals surface area contributed by atoms with Crippen LogP contribution in [0.3, 0.4) is 0 Å². The highest BCUT2D eigenvalue weighted by molar-refractivity contribution is 5.98. The number of ether oxygens (including phenoxy) is 6. The molecular formula is C87H132N24O9. The minimum Gasteiger partial charge on any atom is -0.495 e. The number of aromatic nitrogens is 6. The number of anilines is 12. The van der Waals surface area contributed by atoms with Gasteiger partial charge in [0.25, 0.3) is 17.7 Å². The molecule has 0 radical (unpaired) electrons. The molecular weight excluding hydrogens is 1530 g/mol. The Labute approximate surface area is 717 Å². The zero-order chi connectivity index (χ0) is 89.2. The van der Waals surface area contributed by atoms with Crippen LogP contribution in [0.25, 0.3) is 0 Å². The van der Waals surface area contributed by atoms with Gasteiger partial charge in [0.1, 0.15) is 17.2 Å². The Balaban J connectivity index is 0.000000162. The molecule has 12 N–H and O–H groups in total. The van der Waals surface area contributed by atoms with Gasteiger partial charge in [0.2, 0.25) is 0 Å². The lowest BCUT2D eigenvalue weighted by Crippen LogP contribution is -2.52. The number of nitrogens with zero attached hydrogens (tertiary/aromatic N) is 15. The van der Waals surface area contributed by atoms with E-state index in [9.17, 15) is 14.4 Å². The maximum atomic E-state index is 12.3. The Morgan fingerprint density at radius 1 is 0.375 bits per heavy atom. The molecule has 33 heteroatoms. The first-order valence-electron chi connectivity index (χ1n) is 46.4. The van der Waals surface area contributed by atoms with Crippen molar-refractivity contribution < 1.29 is 51.0 Å². The fourth-order valence-corrected chi connectivity index (χ4v) is 17.6. The van der Waals surface area contributed by atoms with Crippen LogP contribution in [0.2, 0.25) is 0 Å². The average molecular weight is 1660 g/mol. The molecule has 3 aromatic heterocycles. The first kappa shape index (κ1) is 80.3. The molecule has 654 valence electrons. The maximum absolute atomic E-state index is 12.3. The first-order valence-corrected chi connectivity index (χ1v) is 43.4. The number of likely N-dealkylation sites (N-methyl/N-ethyl adjacent to an activating group) is 3. The van der Waals surface area contributed by atoms with Gasteiger partial charge in [0.15, 0.2) is 52.0 Å². The molecule has 0 atom stereocenters. The first-order chi connectivity index (χ1) is 60.8. The van der Waals surface area contributed by atoms with Crippen LogP contribution < -0.4 is 78.0 Å². The molecule has 9 aliphatic heterocycles. The Bertz CT molecular complexity index is 4380. The Kier molecular flexibility index (Phi) is 28.7. The van der Waals surface area contributed by atoms with E-state index < -0.39 is 31.7 Å². The number of rotatable bonds is 27. The maximum Gasteiger partial charge on any atom is 0.271 e. The molecule has 0 unspecified atom stereocenters. The summed E-state index contributed by atoms with van der Waals surface area (Å²) in [5.41, 5.74) is 24.8. The van der Waals surface area contributed by atoms with E-state index in [1.807, 2.05) is 69.3 Å². The predicted octanol–water partition coefficient (Wildman–Crippen LogP) is 8.09. The summed E-state index contributed by atoms with van der Waals surface area (Å²) >= 11 is 0. The van der Waals surface area contributed by atoms with Crippen LogP contribution in [0.1, 0.15) is 155 Å². The van der Waals surface area contributed by atoms with Crippen molar-refractivity contribution in [1.82, 2.24) is 59.3 Å². The van der Waals surface area contributed by atoms with Gasteiger partial charge in [-0.05, 0) is 154 Å². The van der Waals surface area contributed by atoms with Gasteiger partial charge in [-0.3, -0.25) is 29.1 Å². The quantitative estimate of drug-likeness (QED) is 0.0235. The van der Waals surface area contributed by atoms with E-state index in [1.165, 1.54) is 0 Å². The van der Waals surface area contributed by atoms with E-state index in [4.69, 9.17) is 68.8 Å². The summed E-state index contributed by atoms with van der Waals surface area (Å²) < 4.78 is 79.8. The summed E-state index contributed by atoms with van der Waals surface area (Å²) in [6.45, 7) is 21.8. The van der Waals surface area contributed by atoms with Gasteiger partial charge >= 0.3 is 0 Å². The van der Waals surface area contributed by atoms with Crippen molar-refractivity contribution in [2.45, 2.75) is 153 Å². The standard InChI is InChI=1S/3C29H44N8O3/c3*1-4-23-28(31-20-9-17-40-18-10-20)34-29(26(33-23)27(30)38)32-21-5-6-24(25(19-21)39-3)37-11-7-22(8-12-37)36-15-13-35(2)14-16-36/h3*5-6,19-20,22H,4,7-18H2,1-3H3,(H2,30,38)(H2,31,32,34)/i2*2D3;. The van der Waals surface area contributed by atoms with E-state index in [0.29, 0.717) is 159 Å². The zero-order valence-electron chi connectivity index (χ0n) is 77.4. The van der Waals surface area contributed by atoms with Gasteiger partial charge in [0, 0.05) is 237 Å². The molecule has 0 spiro atoms. The minimum absolute atomic E-state index is 0.0965. The topological polar surface area (TPSA) is 363 Å². The normalized spacial score (nSPS) is 20.9. The monoisotopic (exact) mass is 1660 g/mol. The molecule has 9 fully saturated rings. The number of nitrogens with two attached hydrogens (primary N) is 3. The van der Waals surface area contributed by atoms with Crippen LogP contribution in [0, 0.1) is 0 Å². The fourth-order valence-electron chi connectivity index (χ4n) is 17.6. The van der Waals surface area contributed by atoms with Crippen LogP contribution in [-0.4, -0.2) is 313 Å². The van der Waals surface area contributed by atoms with Gasteiger partial charge in [-0.1, -0.05) is 20.8 Å². The number of benzene rings is 3. The number of hydrogen-bond acceptors (Lipinski definition) is 30. The zero-order valence-corrected chi connectivity index (χ0v) is 71.4.